The summed E-state index contributed by atoms with van der Waals surface area (Å²) >= 11 is 0. The Hall–Kier alpha value is -3.22. The number of benzene rings is 1. The van der Waals surface area contributed by atoms with E-state index in [1.54, 1.807) is 25.1 Å². The second-order valence-electron chi connectivity index (χ2n) is 5.45. The smallest absolute Gasteiger partial charge is 0.276 e. The Balaban J connectivity index is 1.70. The van der Waals surface area contributed by atoms with Crippen molar-refractivity contribution in [1.29, 1.82) is 0 Å². The molecule has 0 aliphatic rings. The lowest BCUT2D eigenvalue weighted by Crippen LogP contribution is -2.15. The molecule has 0 unspecified atom stereocenters. The van der Waals surface area contributed by atoms with Crippen molar-refractivity contribution >= 4 is 23.2 Å². The average Bonchev–Trinajstić information content (AvgIpc) is 2.97. The summed E-state index contributed by atoms with van der Waals surface area (Å²) < 4.78 is 4.96. The zero-order valence-electron chi connectivity index (χ0n) is 13.6. The SMILES string of the molecule is Cc1cc(Nc2ccc(C(=O)Nc3cccc(C)c3C)nn2)no1. The van der Waals surface area contributed by atoms with Crippen LogP contribution in [0.2, 0.25) is 0 Å². The predicted octanol–water partition coefficient (Wildman–Crippen LogP) is 3.39. The van der Waals surface area contributed by atoms with Gasteiger partial charge in [0.2, 0.25) is 0 Å². The quantitative estimate of drug-likeness (QED) is 0.764. The van der Waals surface area contributed by atoms with Gasteiger partial charge in [-0.05, 0) is 50.1 Å². The molecule has 1 amide bonds. The summed E-state index contributed by atoms with van der Waals surface area (Å²) in [6, 6.07) is 10.8. The van der Waals surface area contributed by atoms with Crippen molar-refractivity contribution in [2.75, 3.05) is 10.6 Å². The second-order valence-corrected chi connectivity index (χ2v) is 5.45. The molecule has 122 valence electrons. The molecule has 0 aliphatic heterocycles. The molecule has 2 heterocycles. The summed E-state index contributed by atoms with van der Waals surface area (Å²) in [7, 11) is 0. The normalized spacial score (nSPS) is 10.5. The number of amides is 1. The van der Waals surface area contributed by atoms with Crippen LogP contribution >= 0.6 is 0 Å². The first-order valence-electron chi connectivity index (χ1n) is 7.44. The molecule has 0 saturated carbocycles. The van der Waals surface area contributed by atoms with Gasteiger partial charge in [-0.25, -0.2) is 0 Å². The fourth-order valence-corrected chi connectivity index (χ4v) is 2.15. The fraction of sp³-hybridized carbons (Fsp3) is 0.176. The molecule has 1 aromatic carbocycles. The van der Waals surface area contributed by atoms with Crippen LogP contribution in [0.4, 0.5) is 17.3 Å². The minimum absolute atomic E-state index is 0.234. The van der Waals surface area contributed by atoms with E-state index < -0.39 is 0 Å². The summed E-state index contributed by atoms with van der Waals surface area (Å²) in [6.07, 6.45) is 0. The molecule has 0 bridgehead atoms. The highest BCUT2D eigenvalue weighted by Crippen LogP contribution is 2.19. The number of anilines is 3. The topological polar surface area (TPSA) is 92.9 Å². The standard InChI is InChI=1S/C17H17N5O2/c1-10-5-4-6-13(12(10)3)18-17(23)14-7-8-15(21-20-14)19-16-9-11(2)24-22-16/h4-9H,1-3H3,(H,18,23)(H,19,21,22). The third-order valence-corrected chi connectivity index (χ3v) is 3.63. The van der Waals surface area contributed by atoms with Crippen LogP contribution < -0.4 is 10.6 Å². The molecule has 0 atom stereocenters. The van der Waals surface area contributed by atoms with Gasteiger partial charge >= 0.3 is 0 Å². The van der Waals surface area contributed by atoms with Crippen molar-refractivity contribution in [2.24, 2.45) is 0 Å². The molecule has 0 saturated heterocycles. The number of carbonyl (C=O) groups is 1. The monoisotopic (exact) mass is 323 g/mol. The van der Waals surface area contributed by atoms with Crippen LogP contribution in [0.25, 0.3) is 0 Å². The predicted molar refractivity (Wildman–Crippen MR) is 90.4 cm³/mol. The number of nitrogens with zero attached hydrogens (tertiary/aromatic N) is 3. The molecule has 24 heavy (non-hydrogen) atoms. The van der Waals surface area contributed by atoms with Crippen molar-refractivity contribution in [2.45, 2.75) is 20.8 Å². The number of carbonyl (C=O) groups excluding carboxylic acids is 1. The van der Waals surface area contributed by atoms with E-state index in [-0.39, 0.29) is 11.6 Å². The van der Waals surface area contributed by atoms with Gasteiger partial charge in [0.15, 0.2) is 17.3 Å². The Bertz CT molecular complexity index is 871. The summed E-state index contributed by atoms with van der Waals surface area (Å²) in [4.78, 5) is 12.3. The first-order chi connectivity index (χ1) is 11.5. The Kier molecular flexibility index (Phi) is 4.24. The molecule has 3 rings (SSSR count). The van der Waals surface area contributed by atoms with Crippen LogP contribution in [0.5, 0.6) is 0 Å². The van der Waals surface area contributed by atoms with Gasteiger partial charge in [-0.2, -0.15) is 0 Å². The number of hydrogen-bond acceptors (Lipinski definition) is 6. The number of aromatic nitrogens is 3. The van der Waals surface area contributed by atoms with Gasteiger partial charge < -0.3 is 15.2 Å². The third kappa shape index (κ3) is 3.40. The van der Waals surface area contributed by atoms with Gasteiger partial charge in [-0.3, -0.25) is 4.79 Å². The van der Waals surface area contributed by atoms with Crippen LogP contribution in [0.3, 0.4) is 0 Å². The molecule has 7 nitrogen and oxygen atoms in total. The van der Waals surface area contributed by atoms with E-state index in [1.807, 2.05) is 32.0 Å². The Morgan fingerprint density at radius 1 is 1.04 bits per heavy atom. The number of hydrogen-bond donors (Lipinski definition) is 2. The van der Waals surface area contributed by atoms with E-state index in [9.17, 15) is 4.79 Å². The maximum absolute atomic E-state index is 12.3. The van der Waals surface area contributed by atoms with Gasteiger partial charge in [0.05, 0.1) is 0 Å². The zero-order valence-corrected chi connectivity index (χ0v) is 13.6. The van der Waals surface area contributed by atoms with Crippen LogP contribution in [0, 0.1) is 20.8 Å². The molecular weight excluding hydrogens is 306 g/mol. The highest BCUT2D eigenvalue weighted by molar-refractivity contribution is 6.03. The number of nitrogens with one attached hydrogen (secondary N) is 2. The summed E-state index contributed by atoms with van der Waals surface area (Å²) in [5, 5.41) is 17.5. The van der Waals surface area contributed by atoms with Gasteiger partial charge in [-0.1, -0.05) is 17.3 Å². The van der Waals surface area contributed by atoms with Crippen LogP contribution in [-0.4, -0.2) is 21.3 Å². The van der Waals surface area contributed by atoms with Crippen molar-refractivity contribution in [3.63, 3.8) is 0 Å². The maximum Gasteiger partial charge on any atom is 0.276 e. The van der Waals surface area contributed by atoms with E-state index in [1.165, 1.54) is 0 Å². The summed E-state index contributed by atoms with van der Waals surface area (Å²) in [6.45, 7) is 5.75. The van der Waals surface area contributed by atoms with Gasteiger partial charge in [0, 0.05) is 11.8 Å². The third-order valence-electron chi connectivity index (χ3n) is 3.63. The van der Waals surface area contributed by atoms with Crippen molar-refractivity contribution in [3.8, 4) is 0 Å². The van der Waals surface area contributed by atoms with Crippen LogP contribution in [0.15, 0.2) is 40.9 Å². The Morgan fingerprint density at radius 2 is 1.88 bits per heavy atom. The van der Waals surface area contributed by atoms with E-state index >= 15 is 0 Å². The zero-order chi connectivity index (χ0) is 17.1. The lowest BCUT2D eigenvalue weighted by molar-refractivity contribution is 0.102. The second kappa shape index (κ2) is 6.49. The summed E-state index contributed by atoms with van der Waals surface area (Å²) in [5.74, 6) is 1.40. The minimum Gasteiger partial charge on any atom is -0.360 e. The Labute approximate surface area is 139 Å². The summed E-state index contributed by atoms with van der Waals surface area (Å²) in [5.41, 5.74) is 3.14. The molecule has 2 N–H and O–H groups in total. The van der Waals surface area contributed by atoms with Gasteiger partial charge in [0.25, 0.3) is 5.91 Å². The molecule has 2 aromatic heterocycles. The largest absolute Gasteiger partial charge is 0.360 e. The van der Waals surface area contributed by atoms with E-state index in [0.29, 0.717) is 17.4 Å². The minimum atomic E-state index is -0.306. The molecule has 0 spiro atoms. The maximum atomic E-state index is 12.3. The highest BCUT2D eigenvalue weighted by Gasteiger charge is 2.11. The van der Waals surface area contributed by atoms with Crippen molar-refractivity contribution in [3.05, 3.63) is 59.0 Å². The van der Waals surface area contributed by atoms with Gasteiger partial charge in [-0.15, -0.1) is 10.2 Å². The molecule has 0 fully saturated rings. The molecular formula is C17H17N5O2. The van der Waals surface area contributed by atoms with Gasteiger partial charge in [0.1, 0.15) is 5.76 Å². The molecule has 0 aliphatic carbocycles. The van der Waals surface area contributed by atoms with E-state index in [2.05, 4.69) is 26.0 Å². The average molecular weight is 323 g/mol. The fourth-order valence-electron chi connectivity index (χ4n) is 2.15. The molecule has 0 radical (unpaired) electrons. The Morgan fingerprint density at radius 3 is 2.54 bits per heavy atom. The van der Waals surface area contributed by atoms with E-state index in [4.69, 9.17) is 4.52 Å². The van der Waals surface area contributed by atoms with Crippen LogP contribution in [0.1, 0.15) is 27.4 Å². The van der Waals surface area contributed by atoms with Crippen molar-refractivity contribution < 1.29 is 9.32 Å². The molecule has 3 aromatic rings. The molecule has 7 heteroatoms. The number of aryl methyl sites for hydroxylation is 2. The van der Waals surface area contributed by atoms with Crippen molar-refractivity contribution in [1.82, 2.24) is 15.4 Å². The van der Waals surface area contributed by atoms with E-state index in [0.717, 1.165) is 16.8 Å². The first-order valence-corrected chi connectivity index (χ1v) is 7.44. The van der Waals surface area contributed by atoms with Crippen LogP contribution in [-0.2, 0) is 0 Å². The lowest BCUT2D eigenvalue weighted by Gasteiger charge is -2.09. The first kappa shape index (κ1) is 15.7. The number of rotatable bonds is 4. The lowest BCUT2D eigenvalue weighted by atomic mass is 10.1. The highest BCUT2D eigenvalue weighted by atomic mass is 16.5.